The number of aromatic nitrogens is 2. The highest BCUT2D eigenvalue weighted by Crippen LogP contribution is 2.02. The summed E-state index contributed by atoms with van der Waals surface area (Å²) in [7, 11) is 0. The molecular formula is C10H19N3O. The van der Waals surface area contributed by atoms with Gasteiger partial charge in [0.25, 0.3) is 0 Å². The quantitative estimate of drug-likeness (QED) is 0.659. The van der Waals surface area contributed by atoms with Crippen LogP contribution < -0.4 is 5.32 Å². The van der Waals surface area contributed by atoms with E-state index >= 15 is 0 Å². The average molecular weight is 197 g/mol. The summed E-state index contributed by atoms with van der Waals surface area (Å²) in [5.41, 5.74) is 2.14. The van der Waals surface area contributed by atoms with E-state index in [-0.39, 0.29) is 6.10 Å². The second-order valence-corrected chi connectivity index (χ2v) is 3.84. The van der Waals surface area contributed by atoms with Crippen molar-refractivity contribution in [1.82, 2.24) is 15.3 Å². The first kappa shape index (κ1) is 11.2. The second kappa shape index (κ2) is 5.12. The Morgan fingerprint density at radius 2 is 2.29 bits per heavy atom. The van der Waals surface area contributed by atoms with Crippen LogP contribution in [0.4, 0.5) is 0 Å². The molecule has 0 radical (unpaired) electrons. The first-order valence-corrected chi connectivity index (χ1v) is 5.00. The normalized spacial score (nSPS) is 15.4. The number of H-pyrrole nitrogens is 1. The van der Waals surface area contributed by atoms with Crippen LogP contribution in [0, 0.1) is 6.92 Å². The van der Waals surface area contributed by atoms with Crippen LogP contribution in [-0.4, -0.2) is 27.2 Å². The first-order valence-electron chi connectivity index (χ1n) is 5.00. The Kier molecular flexibility index (Phi) is 4.10. The third-order valence-electron chi connectivity index (χ3n) is 2.25. The number of aryl methyl sites for hydroxylation is 1. The first-order chi connectivity index (χ1) is 6.59. The molecule has 0 spiro atoms. The van der Waals surface area contributed by atoms with Crippen LogP contribution in [0.2, 0.25) is 0 Å². The van der Waals surface area contributed by atoms with Gasteiger partial charge in [0.1, 0.15) is 0 Å². The maximum absolute atomic E-state index is 9.17. The molecule has 1 heterocycles. The molecule has 0 aliphatic carbocycles. The molecule has 1 aromatic rings. The summed E-state index contributed by atoms with van der Waals surface area (Å²) in [5.74, 6) is 0. The molecule has 14 heavy (non-hydrogen) atoms. The third-order valence-corrected chi connectivity index (χ3v) is 2.25. The number of nitrogens with zero attached hydrogens (tertiary/aromatic N) is 1. The van der Waals surface area contributed by atoms with Gasteiger partial charge in [-0.05, 0) is 27.2 Å². The van der Waals surface area contributed by atoms with Crippen molar-refractivity contribution in [1.29, 1.82) is 0 Å². The predicted octanol–water partition coefficient (Wildman–Crippen LogP) is 0.967. The van der Waals surface area contributed by atoms with Gasteiger partial charge in [-0.15, -0.1) is 0 Å². The number of aromatic amines is 1. The molecule has 1 rings (SSSR count). The molecule has 0 saturated heterocycles. The zero-order valence-corrected chi connectivity index (χ0v) is 9.04. The molecule has 0 bridgehead atoms. The minimum absolute atomic E-state index is 0.252. The van der Waals surface area contributed by atoms with Gasteiger partial charge >= 0.3 is 0 Å². The van der Waals surface area contributed by atoms with Crippen LogP contribution in [0.25, 0.3) is 0 Å². The molecule has 4 heteroatoms. The zero-order valence-electron chi connectivity index (χ0n) is 9.04. The molecule has 3 N–H and O–H groups in total. The van der Waals surface area contributed by atoms with Gasteiger partial charge in [-0.2, -0.15) is 0 Å². The lowest BCUT2D eigenvalue weighted by atomic mass is 10.1. The summed E-state index contributed by atoms with van der Waals surface area (Å²) in [4.78, 5) is 7.22. The van der Waals surface area contributed by atoms with Crippen molar-refractivity contribution in [2.45, 2.75) is 45.9 Å². The van der Waals surface area contributed by atoms with E-state index in [1.807, 2.05) is 6.92 Å². The van der Waals surface area contributed by atoms with Gasteiger partial charge in [0, 0.05) is 18.3 Å². The van der Waals surface area contributed by atoms with E-state index in [0.29, 0.717) is 6.04 Å². The van der Waals surface area contributed by atoms with Crippen LogP contribution in [0.3, 0.4) is 0 Å². The summed E-state index contributed by atoms with van der Waals surface area (Å²) in [5, 5.41) is 12.5. The van der Waals surface area contributed by atoms with E-state index in [4.69, 9.17) is 0 Å². The number of rotatable bonds is 5. The summed E-state index contributed by atoms with van der Waals surface area (Å²) in [6.45, 7) is 6.62. The molecule has 80 valence electrons. The van der Waals surface area contributed by atoms with Crippen molar-refractivity contribution >= 4 is 0 Å². The van der Waals surface area contributed by atoms with E-state index in [1.54, 1.807) is 13.3 Å². The summed E-state index contributed by atoms with van der Waals surface area (Å²) >= 11 is 0. The standard InChI is InChI=1S/C10H19N3O/c1-7(4-8(2)14)11-5-10-9(3)12-6-13-10/h6-8,11,14H,4-5H2,1-3H3,(H,12,13). The third kappa shape index (κ3) is 3.47. The van der Waals surface area contributed by atoms with Crippen molar-refractivity contribution in [2.24, 2.45) is 0 Å². The average Bonchev–Trinajstić information content (AvgIpc) is 2.46. The van der Waals surface area contributed by atoms with Crippen LogP contribution in [0.1, 0.15) is 31.7 Å². The monoisotopic (exact) mass is 197 g/mol. The summed E-state index contributed by atoms with van der Waals surface area (Å²) in [6, 6.07) is 0.311. The molecule has 0 aromatic carbocycles. The molecule has 0 aliphatic heterocycles. The van der Waals surface area contributed by atoms with E-state index < -0.39 is 0 Å². The van der Waals surface area contributed by atoms with Gasteiger partial charge in [0.2, 0.25) is 0 Å². The van der Waals surface area contributed by atoms with E-state index in [9.17, 15) is 5.11 Å². The Morgan fingerprint density at radius 3 is 2.79 bits per heavy atom. The van der Waals surface area contributed by atoms with Crippen LogP contribution >= 0.6 is 0 Å². The summed E-state index contributed by atoms with van der Waals surface area (Å²) in [6.07, 6.45) is 2.22. The highest BCUT2D eigenvalue weighted by Gasteiger charge is 2.07. The fourth-order valence-electron chi connectivity index (χ4n) is 1.43. The van der Waals surface area contributed by atoms with Gasteiger partial charge in [-0.3, -0.25) is 0 Å². The van der Waals surface area contributed by atoms with Crippen molar-refractivity contribution in [3.05, 3.63) is 17.7 Å². The van der Waals surface area contributed by atoms with Crippen LogP contribution in [0.15, 0.2) is 6.33 Å². The number of hydrogen-bond donors (Lipinski definition) is 3. The lowest BCUT2D eigenvalue weighted by Gasteiger charge is -2.14. The number of hydrogen-bond acceptors (Lipinski definition) is 3. The number of aliphatic hydroxyl groups excluding tert-OH is 1. The van der Waals surface area contributed by atoms with Crippen LogP contribution in [-0.2, 0) is 6.54 Å². The SMILES string of the molecule is Cc1[nH]cnc1CNC(C)CC(C)O. The van der Waals surface area contributed by atoms with Crippen molar-refractivity contribution in [3.8, 4) is 0 Å². The van der Waals surface area contributed by atoms with Gasteiger partial charge in [-0.25, -0.2) is 4.98 Å². The minimum atomic E-state index is -0.252. The van der Waals surface area contributed by atoms with E-state index in [0.717, 1.165) is 24.4 Å². The van der Waals surface area contributed by atoms with Gasteiger partial charge in [0.15, 0.2) is 0 Å². The Morgan fingerprint density at radius 1 is 1.57 bits per heavy atom. The molecule has 0 amide bonds. The minimum Gasteiger partial charge on any atom is -0.393 e. The molecule has 0 aliphatic rings. The molecular weight excluding hydrogens is 178 g/mol. The highest BCUT2D eigenvalue weighted by atomic mass is 16.3. The topological polar surface area (TPSA) is 60.9 Å². The Bertz CT molecular complexity index is 270. The van der Waals surface area contributed by atoms with Crippen molar-refractivity contribution in [3.63, 3.8) is 0 Å². The molecule has 2 unspecified atom stereocenters. The fourth-order valence-corrected chi connectivity index (χ4v) is 1.43. The maximum Gasteiger partial charge on any atom is 0.0925 e. The molecule has 2 atom stereocenters. The number of aliphatic hydroxyl groups is 1. The van der Waals surface area contributed by atoms with Crippen LogP contribution in [0.5, 0.6) is 0 Å². The van der Waals surface area contributed by atoms with Crippen molar-refractivity contribution < 1.29 is 5.11 Å². The second-order valence-electron chi connectivity index (χ2n) is 3.84. The summed E-state index contributed by atoms with van der Waals surface area (Å²) < 4.78 is 0. The zero-order chi connectivity index (χ0) is 10.6. The Hall–Kier alpha value is -0.870. The molecule has 4 nitrogen and oxygen atoms in total. The number of nitrogens with one attached hydrogen (secondary N) is 2. The Balaban J connectivity index is 2.30. The molecule has 1 aromatic heterocycles. The van der Waals surface area contributed by atoms with Gasteiger partial charge < -0.3 is 15.4 Å². The predicted molar refractivity (Wildman–Crippen MR) is 55.9 cm³/mol. The fraction of sp³-hybridized carbons (Fsp3) is 0.700. The lowest BCUT2D eigenvalue weighted by Crippen LogP contribution is -2.29. The van der Waals surface area contributed by atoms with Gasteiger partial charge in [0.05, 0.1) is 18.1 Å². The van der Waals surface area contributed by atoms with E-state index in [2.05, 4.69) is 22.2 Å². The highest BCUT2D eigenvalue weighted by molar-refractivity contribution is 5.08. The van der Waals surface area contributed by atoms with E-state index in [1.165, 1.54) is 0 Å². The number of imidazole rings is 1. The molecule has 0 fully saturated rings. The largest absolute Gasteiger partial charge is 0.393 e. The molecule has 0 saturated carbocycles. The maximum atomic E-state index is 9.17. The van der Waals surface area contributed by atoms with Gasteiger partial charge in [-0.1, -0.05) is 0 Å². The lowest BCUT2D eigenvalue weighted by molar-refractivity contribution is 0.170. The Labute approximate surface area is 84.8 Å². The van der Waals surface area contributed by atoms with Crippen molar-refractivity contribution in [2.75, 3.05) is 0 Å². The smallest absolute Gasteiger partial charge is 0.0925 e.